The number of nitrogens with zero attached hydrogens (tertiary/aromatic N) is 1. The predicted molar refractivity (Wildman–Crippen MR) is 86.9 cm³/mol. The quantitative estimate of drug-likeness (QED) is 0.762. The second-order valence-electron chi connectivity index (χ2n) is 5.07. The standard InChI is InChI=1S/C17H14BrNO2/c1-11-8-12(17(20)21)6-7-13(11)9-19-10-15(18)14-4-2-3-5-16(14)19/h2-8,10H,9H2,1H3,(H,20,21). The van der Waals surface area contributed by atoms with Crippen LogP contribution in [0, 0.1) is 6.92 Å². The minimum atomic E-state index is -0.890. The van der Waals surface area contributed by atoms with Crippen molar-refractivity contribution in [3.63, 3.8) is 0 Å². The molecule has 0 fully saturated rings. The topological polar surface area (TPSA) is 42.2 Å². The Morgan fingerprint density at radius 2 is 2.00 bits per heavy atom. The van der Waals surface area contributed by atoms with Crippen LogP contribution in [0.4, 0.5) is 0 Å². The number of carboxylic acids is 1. The molecular weight excluding hydrogens is 330 g/mol. The van der Waals surface area contributed by atoms with Gasteiger partial charge in [-0.05, 0) is 52.2 Å². The van der Waals surface area contributed by atoms with Gasteiger partial charge >= 0.3 is 5.97 Å². The van der Waals surface area contributed by atoms with Crippen LogP contribution in [0.5, 0.6) is 0 Å². The van der Waals surface area contributed by atoms with Crippen LogP contribution in [-0.2, 0) is 6.54 Å². The number of hydrogen-bond donors (Lipinski definition) is 1. The van der Waals surface area contributed by atoms with Gasteiger partial charge in [-0.25, -0.2) is 4.79 Å². The Bertz CT molecular complexity index is 836. The number of carbonyl (C=O) groups is 1. The molecule has 4 heteroatoms. The summed E-state index contributed by atoms with van der Waals surface area (Å²) in [5.41, 5.74) is 3.60. The van der Waals surface area contributed by atoms with Gasteiger partial charge in [-0.2, -0.15) is 0 Å². The van der Waals surface area contributed by atoms with Crippen LogP contribution < -0.4 is 0 Å². The van der Waals surface area contributed by atoms with Crippen LogP contribution >= 0.6 is 15.9 Å². The summed E-state index contributed by atoms with van der Waals surface area (Å²) in [6.45, 7) is 2.67. The van der Waals surface area contributed by atoms with Crippen molar-refractivity contribution in [1.29, 1.82) is 0 Å². The molecule has 0 saturated carbocycles. The van der Waals surface area contributed by atoms with Gasteiger partial charge in [0.1, 0.15) is 0 Å². The van der Waals surface area contributed by atoms with Gasteiger partial charge in [-0.3, -0.25) is 0 Å². The Morgan fingerprint density at radius 3 is 2.71 bits per heavy atom. The van der Waals surface area contributed by atoms with Crippen LogP contribution in [-0.4, -0.2) is 15.6 Å². The van der Waals surface area contributed by atoms with Crippen molar-refractivity contribution in [2.24, 2.45) is 0 Å². The van der Waals surface area contributed by atoms with Crippen molar-refractivity contribution < 1.29 is 9.90 Å². The smallest absolute Gasteiger partial charge is 0.335 e. The highest BCUT2D eigenvalue weighted by atomic mass is 79.9. The lowest BCUT2D eigenvalue weighted by Crippen LogP contribution is -2.03. The molecule has 1 heterocycles. The Hall–Kier alpha value is -2.07. The molecule has 3 aromatic rings. The van der Waals surface area contributed by atoms with Gasteiger partial charge < -0.3 is 9.67 Å². The van der Waals surface area contributed by atoms with E-state index in [2.05, 4.69) is 38.8 Å². The molecule has 0 aliphatic carbocycles. The average Bonchev–Trinajstić information content (AvgIpc) is 2.78. The van der Waals surface area contributed by atoms with Crippen molar-refractivity contribution >= 4 is 32.8 Å². The summed E-state index contributed by atoms with van der Waals surface area (Å²) in [4.78, 5) is 11.0. The molecule has 0 spiro atoms. The van der Waals surface area contributed by atoms with E-state index in [-0.39, 0.29) is 0 Å². The summed E-state index contributed by atoms with van der Waals surface area (Å²) in [7, 11) is 0. The zero-order valence-electron chi connectivity index (χ0n) is 11.5. The molecule has 0 unspecified atom stereocenters. The third-order valence-corrected chi connectivity index (χ3v) is 4.30. The van der Waals surface area contributed by atoms with Gasteiger partial charge in [0.15, 0.2) is 0 Å². The van der Waals surface area contributed by atoms with E-state index < -0.39 is 5.97 Å². The molecule has 0 bridgehead atoms. The average molecular weight is 344 g/mol. The third kappa shape index (κ3) is 2.59. The summed E-state index contributed by atoms with van der Waals surface area (Å²) >= 11 is 3.58. The van der Waals surface area contributed by atoms with Gasteiger partial charge in [0.2, 0.25) is 0 Å². The lowest BCUT2D eigenvalue weighted by Gasteiger charge is -2.09. The number of benzene rings is 2. The molecular formula is C17H14BrNO2. The van der Waals surface area contributed by atoms with Crippen LogP contribution in [0.25, 0.3) is 10.9 Å². The van der Waals surface area contributed by atoms with Crippen LogP contribution in [0.15, 0.2) is 53.1 Å². The monoisotopic (exact) mass is 343 g/mol. The van der Waals surface area contributed by atoms with Crippen molar-refractivity contribution in [3.05, 3.63) is 69.8 Å². The van der Waals surface area contributed by atoms with Crippen molar-refractivity contribution in [3.8, 4) is 0 Å². The lowest BCUT2D eigenvalue weighted by molar-refractivity contribution is 0.0697. The predicted octanol–water partition coefficient (Wildman–Crippen LogP) is 4.46. The number of rotatable bonds is 3. The molecule has 0 saturated heterocycles. The number of aromatic carboxylic acids is 1. The van der Waals surface area contributed by atoms with Gasteiger partial charge in [-0.15, -0.1) is 0 Å². The van der Waals surface area contributed by atoms with E-state index in [1.54, 1.807) is 12.1 Å². The zero-order chi connectivity index (χ0) is 15.0. The summed E-state index contributed by atoms with van der Waals surface area (Å²) in [5.74, 6) is -0.890. The summed E-state index contributed by atoms with van der Waals surface area (Å²) < 4.78 is 3.24. The zero-order valence-corrected chi connectivity index (χ0v) is 13.1. The number of hydrogen-bond acceptors (Lipinski definition) is 1. The molecule has 0 aliphatic rings. The Morgan fingerprint density at radius 1 is 1.24 bits per heavy atom. The first-order valence-corrected chi connectivity index (χ1v) is 7.42. The van der Waals surface area contributed by atoms with Crippen molar-refractivity contribution in [2.45, 2.75) is 13.5 Å². The van der Waals surface area contributed by atoms with Crippen molar-refractivity contribution in [1.82, 2.24) is 4.57 Å². The normalized spacial score (nSPS) is 11.0. The molecule has 3 rings (SSSR count). The Kier molecular flexibility index (Phi) is 3.55. The first-order chi connectivity index (χ1) is 10.1. The maximum Gasteiger partial charge on any atom is 0.335 e. The lowest BCUT2D eigenvalue weighted by atomic mass is 10.1. The second-order valence-corrected chi connectivity index (χ2v) is 5.92. The highest BCUT2D eigenvalue weighted by Gasteiger charge is 2.09. The second kappa shape index (κ2) is 5.37. The molecule has 0 radical (unpaired) electrons. The number of carboxylic acid groups (broad SMARTS) is 1. The number of aryl methyl sites for hydroxylation is 1. The molecule has 0 aliphatic heterocycles. The highest BCUT2D eigenvalue weighted by molar-refractivity contribution is 9.10. The Balaban J connectivity index is 2.01. The molecule has 0 amide bonds. The maximum atomic E-state index is 11.0. The van der Waals surface area contributed by atoms with Crippen LogP contribution in [0.2, 0.25) is 0 Å². The molecule has 21 heavy (non-hydrogen) atoms. The molecule has 2 aromatic carbocycles. The van der Waals surface area contributed by atoms with E-state index >= 15 is 0 Å². The Labute approximate surface area is 131 Å². The highest BCUT2D eigenvalue weighted by Crippen LogP contribution is 2.27. The van der Waals surface area contributed by atoms with Gasteiger partial charge in [0, 0.05) is 28.1 Å². The summed E-state index contributed by atoms with van der Waals surface area (Å²) in [5, 5.41) is 10.2. The minimum Gasteiger partial charge on any atom is -0.478 e. The first-order valence-electron chi connectivity index (χ1n) is 6.62. The third-order valence-electron chi connectivity index (χ3n) is 3.67. The maximum absolute atomic E-state index is 11.0. The molecule has 1 N–H and O–H groups in total. The van der Waals surface area contributed by atoms with E-state index in [9.17, 15) is 4.79 Å². The fourth-order valence-electron chi connectivity index (χ4n) is 2.52. The number of fused-ring (bicyclic) bond motifs is 1. The molecule has 3 nitrogen and oxygen atoms in total. The van der Waals surface area contributed by atoms with E-state index in [0.29, 0.717) is 5.56 Å². The van der Waals surface area contributed by atoms with Gasteiger partial charge in [-0.1, -0.05) is 24.3 Å². The first kappa shape index (κ1) is 13.9. The van der Waals surface area contributed by atoms with Crippen LogP contribution in [0.1, 0.15) is 21.5 Å². The minimum absolute atomic E-state index is 0.329. The largest absolute Gasteiger partial charge is 0.478 e. The number of aromatic nitrogens is 1. The van der Waals surface area contributed by atoms with E-state index in [0.717, 1.165) is 27.7 Å². The number of halogens is 1. The fourth-order valence-corrected chi connectivity index (χ4v) is 3.11. The fraction of sp³-hybridized carbons (Fsp3) is 0.118. The van der Waals surface area contributed by atoms with Gasteiger partial charge in [0.05, 0.1) is 5.56 Å². The van der Waals surface area contributed by atoms with Gasteiger partial charge in [0.25, 0.3) is 0 Å². The van der Waals surface area contributed by atoms with E-state index in [1.807, 2.05) is 25.1 Å². The number of para-hydroxylation sites is 1. The molecule has 1 aromatic heterocycles. The molecule has 0 atom stereocenters. The van der Waals surface area contributed by atoms with Crippen molar-refractivity contribution in [2.75, 3.05) is 0 Å². The summed E-state index contributed by atoms with van der Waals surface area (Å²) in [6.07, 6.45) is 2.06. The van der Waals surface area contributed by atoms with E-state index in [1.165, 1.54) is 5.39 Å². The SMILES string of the molecule is Cc1cc(C(=O)O)ccc1Cn1cc(Br)c2ccccc21. The van der Waals surface area contributed by atoms with E-state index in [4.69, 9.17) is 5.11 Å². The molecule has 106 valence electrons. The van der Waals surface area contributed by atoms with Crippen LogP contribution in [0.3, 0.4) is 0 Å². The summed E-state index contributed by atoms with van der Waals surface area (Å²) in [6, 6.07) is 13.5.